The molecule has 0 aliphatic carbocycles. The van der Waals surface area contributed by atoms with Crippen LogP contribution in [-0.2, 0) is 11.2 Å². The lowest BCUT2D eigenvalue weighted by molar-refractivity contribution is -0.384. The molecule has 1 heterocycles. The van der Waals surface area contributed by atoms with Crippen LogP contribution < -0.4 is 10.6 Å². The summed E-state index contributed by atoms with van der Waals surface area (Å²) in [6.45, 7) is 2.91. The van der Waals surface area contributed by atoms with Gasteiger partial charge in [0.15, 0.2) is 5.13 Å². The SMILES string of the molecule is CCc1ccc2nc(NC(=O)c3ccc(NCCOC)c([N+](=O)[O-])c3)sc2c1. The second kappa shape index (κ2) is 8.77. The first-order valence-electron chi connectivity index (χ1n) is 8.74. The van der Waals surface area contributed by atoms with Crippen LogP contribution in [-0.4, -0.2) is 36.1 Å². The normalized spacial score (nSPS) is 10.8. The molecular formula is C19H20N4O4S. The van der Waals surface area contributed by atoms with Crippen LogP contribution in [0.4, 0.5) is 16.5 Å². The van der Waals surface area contributed by atoms with E-state index >= 15 is 0 Å². The second-order valence-corrected chi connectivity index (χ2v) is 7.07. The number of amides is 1. The number of benzene rings is 2. The number of aryl methyl sites for hydroxylation is 1. The number of nitrogens with zero attached hydrogens (tertiary/aromatic N) is 2. The van der Waals surface area contributed by atoms with Crippen molar-refractivity contribution in [2.75, 3.05) is 30.9 Å². The Labute approximate surface area is 165 Å². The monoisotopic (exact) mass is 400 g/mol. The highest BCUT2D eigenvalue weighted by molar-refractivity contribution is 7.22. The molecule has 2 aromatic carbocycles. The van der Waals surface area contributed by atoms with Crippen LogP contribution in [0.3, 0.4) is 0 Å². The van der Waals surface area contributed by atoms with Gasteiger partial charge in [0.05, 0.1) is 21.7 Å². The van der Waals surface area contributed by atoms with E-state index in [0.29, 0.717) is 24.0 Å². The minimum Gasteiger partial charge on any atom is -0.383 e. The molecule has 3 aromatic rings. The molecule has 8 nitrogen and oxygen atoms in total. The number of nitro benzene ring substituents is 1. The Morgan fingerprint density at radius 3 is 2.82 bits per heavy atom. The Kier molecular flexibility index (Phi) is 6.17. The highest BCUT2D eigenvalue weighted by Gasteiger charge is 2.18. The number of fused-ring (bicyclic) bond motifs is 1. The Balaban J connectivity index is 1.80. The highest BCUT2D eigenvalue weighted by Crippen LogP contribution is 2.29. The van der Waals surface area contributed by atoms with Crippen LogP contribution in [0.1, 0.15) is 22.8 Å². The van der Waals surface area contributed by atoms with E-state index in [4.69, 9.17) is 4.74 Å². The summed E-state index contributed by atoms with van der Waals surface area (Å²) in [5, 5.41) is 17.5. The van der Waals surface area contributed by atoms with Crippen molar-refractivity contribution in [1.82, 2.24) is 4.98 Å². The predicted molar refractivity (Wildman–Crippen MR) is 110 cm³/mol. The van der Waals surface area contributed by atoms with Gasteiger partial charge in [-0.1, -0.05) is 24.3 Å². The molecule has 2 N–H and O–H groups in total. The summed E-state index contributed by atoms with van der Waals surface area (Å²) in [4.78, 5) is 27.8. The van der Waals surface area contributed by atoms with Gasteiger partial charge in [-0.3, -0.25) is 20.2 Å². The predicted octanol–water partition coefficient (Wildman–Crippen LogP) is 4.08. The number of nitro groups is 1. The number of ether oxygens (including phenoxy) is 1. The molecule has 0 saturated heterocycles. The van der Waals surface area contributed by atoms with Gasteiger partial charge in [0.2, 0.25) is 0 Å². The molecule has 146 valence electrons. The maximum atomic E-state index is 12.6. The first-order chi connectivity index (χ1) is 13.5. The van der Waals surface area contributed by atoms with Crippen molar-refractivity contribution in [3.8, 4) is 0 Å². The van der Waals surface area contributed by atoms with E-state index in [1.807, 2.05) is 18.2 Å². The molecule has 0 aliphatic rings. The second-order valence-electron chi connectivity index (χ2n) is 6.04. The zero-order chi connectivity index (χ0) is 20.1. The lowest BCUT2D eigenvalue weighted by Gasteiger charge is -2.08. The van der Waals surface area contributed by atoms with Gasteiger partial charge in [0.1, 0.15) is 5.69 Å². The van der Waals surface area contributed by atoms with Crippen LogP contribution in [0.2, 0.25) is 0 Å². The molecule has 0 radical (unpaired) electrons. The first kappa shape index (κ1) is 19.7. The summed E-state index contributed by atoms with van der Waals surface area (Å²) in [7, 11) is 1.55. The number of methoxy groups -OCH3 is 1. The number of hydrogen-bond donors (Lipinski definition) is 2. The van der Waals surface area contributed by atoms with Gasteiger partial charge in [-0.25, -0.2) is 4.98 Å². The number of rotatable bonds is 8. The number of carbonyl (C=O) groups is 1. The summed E-state index contributed by atoms with van der Waals surface area (Å²) < 4.78 is 5.91. The Hall–Kier alpha value is -3.04. The molecule has 28 heavy (non-hydrogen) atoms. The van der Waals surface area contributed by atoms with Crippen LogP contribution in [0, 0.1) is 10.1 Å². The molecule has 1 aromatic heterocycles. The van der Waals surface area contributed by atoms with E-state index in [2.05, 4.69) is 22.5 Å². The summed E-state index contributed by atoms with van der Waals surface area (Å²) in [6, 6.07) is 10.3. The molecule has 0 atom stereocenters. The molecule has 1 amide bonds. The van der Waals surface area contributed by atoms with E-state index in [1.54, 1.807) is 13.2 Å². The maximum absolute atomic E-state index is 12.6. The summed E-state index contributed by atoms with van der Waals surface area (Å²) >= 11 is 1.37. The molecule has 0 saturated carbocycles. The summed E-state index contributed by atoms with van der Waals surface area (Å²) in [6.07, 6.45) is 0.921. The largest absolute Gasteiger partial charge is 0.383 e. The van der Waals surface area contributed by atoms with Crippen molar-refractivity contribution < 1.29 is 14.5 Å². The van der Waals surface area contributed by atoms with Gasteiger partial charge < -0.3 is 10.1 Å². The van der Waals surface area contributed by atoms with Gasteiger partial charge in [0, 0.05) is 25.3 Å². The van der Waals surface area contributed by atoms with E-state index in [9.17, 15) is 14.9 Å². The fourth-order valence-corrected chi connectivity index (χ4v) is 3.60. The molecule has 0 spiro atoms. The Morgan fingerprint density at radius 1 is 1.29 bits per heavy atom. The van der Waals surface area contributed by atoms with Crippen molar-refractivity contribution in [2.24, 2.45) is 0 Å². The van der Waals surface area contributed by atoms with Gasteiger partial charge in [-0.05, 0) is 36.2 Å². The minimum absolute atomic E-state index is 0.166. The van der Waals surface area contributed by atoms with Gasteiger partial charge in [-0.2, -0.15) is 0 Å². The van der Waals surface area contributed by atoms with Crippen LogP contribution in [0.15, 0.2) is 36.4 Å². The lowest BCUT2D eigenvalue weighted by atomic mass is 10.1. The number of carbonyl (C=O) groups excluding carboxylic acids is 1. The quantitative estimate of drug-likeness (QED) is 0.335. The standard InChI is InChI=1S/C19H20N4O4S/c1-3-12-4-6-15-17(10-12)28-19(21-15)22-18(24)13-5-7-14(20-8-9-27-2)16(11-13)23(25)26/h4-7,10-11,20H,3,8-9H2,1-2H3,(H,21,22,24). The van der Waals surface area contributed by atoms with Crippen LogP contribution in [0.5, 0.6) is 0 Å². The Morgan fingerprint density at radius 2 is 2.11 bits per heavy atom. The molecule has 0 aliphatic heterocycles. The smallest absolute Gasteiger partial charge is 0.293 e. The van der Waals surface area contributed by atoms with E-state index in [0.717, 1.165) is 16.6 Å². The van der Waals surface area contributed by atoms with Gasteiger partial charge in [0.25, 0.3) is 11.6 Å². The van der Waals surface area contributed by atoms with E-state index < -0.39 is 10.8 Å². The van der Waals surface area contributed by atoms with Crippen molar-refractivity contribution in [3.05, 3.63) is 57.6 Å². The number of thiazole rings is 1. The molecule has 0 bridgehead atoms. The third-order valence-electron chi connectivity index (χ3n) is 4.16. The molecular weight excluding hydrogens is 380 g/mol. The van der Waals surface area contributed by atoms with Crippen molar-refractivity contribution in [1.29, 1.82) is 0 Å². The van der Waals surface area contributed by atoms with Crippen molar-refractivity contribution in [2.45, 2.75) is 13.3 Å². The third-order valence-corrected chi connectivity index (χ3v) is 5.09. The topological polar surface area (TPSA) is 106 Å². The lowest BCUT2D eigenvalue weighted by Crippen LogP contribution is -2.13. The number of hydrogen-bond acceptors (Lipinski definition) is 7. The van der Waals surface area contributed by atoms with Crippen molar-refractivity contribution in [3.63, 3.8) is 0 Å². The van der Waals surface area contributed by atoms with E-state index in [1.165, 1.54) is 29.0 Å². The number of nitrogens with one attached hydrogen (secondary N) is 2. The first-order valence-corrected chi connectivity index (χ1v) is 9.55. The molecule has 0 unspecified atom stereocenters. The van der Waals surface area contributed by atoms with Crippen LogP contribution in [0.25, 0.3) is 10.2 Å². The minimum atomic E-state index is -0.518. The van der Waals surface area contributed by atoms with Crippen LogP contribution >= 0.6 is 11.3 Å². The zero-order valence-electron chi connectivity index (χ0n) is 15.5. The molecule has 9 heteroatoms. The maximum Gasteiger partial charge on any atom is 0.293 e. The molecule has 3 rings (SSSR count). The highest BCUT2D eigenvalue weighted by atomic mass is 32.1. The summed E-state index contributed by atoms with van der Waals surface area (Å²) in [5.41, 5.74) is 2.37. The van der Waals surface area contributed by atoms with Gasteiger partial charge >= 0.3 is 0 Å². The zero-order valence-corrected chi connectivity index (χ0v) is 16.3. The summed E-state index contributed by atoms with van der Waals surface area (Å²) in [5.74, 6) is -0.443. The van der Waals surface area contributed by atoms with Crippen molar-refractivity contribution >= 4 is 44.0 Å². The molecule has 0 fully saturated rings. The van der Waals surface area contributed by atoms with Gasteiger partial charge in [-0.15, -0.1) is 0 Å². The average molecular weight is 400 g/mol. The average Bonchev–Trinajstić information content (AvgIpc) is 3.09. The number of anilines is 2. The third kappa shape index (κ3) is 4.44. The Bertz CT molecular complexity index is 1020. The number of aromatic nitrogens is 1. The van der Waals surface area contributed by atoms with E-state index in [-0.39, 0.29) is 11.3 Å². The fourth-order valence-electron chi connectivity index (χ4n) is 2.67. The fraction of sp³-hybridized carbons (Fsp3) is 0.263.